The molecular formula is C9H9N3O5S. The van der Waals surface area contributed by atoms with Gasteiger partial charge >= 0.3 is 0 Å². The van der Waals surface area contributed by atoms with E-state index in [4.69, 9.17) is 4.55 Å². The van der Waals surface area contributed by atoms with Gasteiger partial charge in [-0.2, -0.15) is 8.42 Å². The molecular weight excluding hydrogens is 262 g/mol. The van der Waals surface area contributed by atoms with Gasteiger partial charge in [0.25, 0.3) is 15.8 Å². The minimum absolute atomic E-state index is 0.0902. The summed E-state index contributed by atoms with van der Waals surface area (Å²) in [6.07, 6.45) is 0. The molecule has 0 saturated heterocycles. The first-order valence-corrected chi connectivity index (χ1v) is 6.25. The third-order valence-corrected chi connectivity index (χ3v) is 3.49. The van der Waals surface area contributed by atoms with Crippen LogP contribution in [-0.2, 0) is 17.2 Å². The second kappa shape index (κ2) is 3.75. The minimum Gasteiger partial charge on any atom is -0.331 e. The van der Waals surface area contributed by atoms with Crippen LogP contribution in [0.1, 0.15) is 5.82 Å². The van der Waals surface area contributed by atoms with Crippen molar-refractivity contribution in [3.05, 3.63) is 28.1 Å². The Hall–Kier alpha value is -2.00. The zero-order chi connectivity index (χ0) is 13.7. The van der Waals surface area contributed by atoms with E-state index in [1.54, 1.807) is 14.0 Å². The lowest BCUT2D eigenvalue weighted by atomic mass is 10.2. The number of aromatic nitrogens is 2. The summed E-state index contributed by atoms with van der Waals surface area (Å²) in [5, 5.41) is 10.9. The fraction of sp³-hybridized carbons (Fsp3) is 0.222. The lowest BCUT2D eigenvalue weighted by Crippen LogP contribution is -2.01. The molecule has 2 rings (SSSR count). The molecule has 0 saturated carbocycles. The number of hydrogen-bond acceptors (Lipinski definition) is 5. The fourth-order valence-electron chi connectivity index (χ4n) is 1.65. The van der Waals surface area contributed by atoms with Crippen LogP contribution in [0, 0.1) is 17.0 Å². The van der Waals surface area contributed by atoms with Gasteiger partial charge in [0.1, 0.15) is 10.7 Å². The number of rotatable bonds is 2. The number of imidazole rings is 1. The summed E-state index contributed by atoms with van der Waals surface area (Å²) in [5.41, 5.74) is -0.0921. The van der Waals surface area contributed by atoms with Gasteiger partial charge in [-0.15, -0.1) is 0 Å². The molecule has 1 N–H and O–H groups in total. The average Bonchev–Trinajstić information content (AvgIpc) is 2.52. The Morgan fingerprint density at radius 3 is 2.56 bits per heavy atom. The van der Waals surface area contributed by atoms with Crippen molar-refractivity contribution in [2.24, 2.45) is 7.05 Å². The van der Waals surface area contributed by atoms with Crippen LogP contribution in [0.25, 0.3) is 11.0 Å². The predicted octanol–water partition coefficient (Wildman–Crippen LogP) is 1.04. The summed E-state index contributed by atoms with van der Waals surface area (Å²) in [6, 6.07) is 1.95. The molecule has 8 nitrogen and oxygen atoms in total. The van der Waals surface area contributed by atoms with Crippen LogP contribution < -0.4 is 0 Å². The van der Waals surface area contributed by atoms with Crippen molar-refractivity contribution in [3.63, 3.8) is 0 Å². The summed E-state index contributed by atoms with van der Waals surface area (Å²) >= 11 is 0. The molecule has 2 aromatic rings. The van der Waals surface area contributed by atoms with Gasteiger partial charge in [-0.3, -0.25) is 14.7 Å². The number of aryl methyl sites for hydroxylation is 2. The second-order valence-corrected chi connectivity index (χ2v) is 5.18. The summed E-state index contributed by atoms with van der Waals surface area (Å²) in [7, 11) is -2.90. The fourth-order valence-corrected chi connectivity index (χ4v) is 2.17. The number of non-ortho nitro benzene ring substituents is 1. The molecule has 18 heavy (non-hydrogen) atoms. The van der Waals surface area contributed by atoms with Gasteiger partial charge in [-0.25, -0.2) is 4.98 Å². The molecule has 0 bridgehead atoms. The molecule has 0 spiro atoms. The summed E-state index contributed by atoms with van der Waals surface area (Å²) in [6.45, 7) is 1.64. The Labute approximate surface area is 102 Å². The predicted molar refractivity (Wildman–Crippen MR) is 61.9 cm³/mol. The molecule has 9 heteroatoms. The van der Waals surface area contributed by atoms with Crippen molar-refractivity contribution in [2.45, 2.75) is 11.8 Å². The van der Waals surface area contributed by atoms with Gasteiger partial charge in [0, 0.05) is 13.1 Å². The maximum absolute atomic E-state index is 11.1. The van der Waals surface area contributed by atoms with Gasteiger partial charge in [0.15, 0.2) is 5.52 Å². The standard InChI is InChI=1S/C9H9N3O5S/c1-5-10-9-7(11(5)2)3-6(18(15,16)17)4-8(9)12(13)14/h3-4H,1-2H3,(H,15,16,17). The third kappa shape index (κ3) is 1.83. The van der Waals surface area contributed by atoms with E-state index in [0.717, 1.165) is 12.1 Å². The maximum Gasteiger partial charge on any atom is 0.298 e. The monoisotopic (exact) mass is 271 g/mol. The smallest absolute Gasteiger partial charge is 0.298 e. The second-order valence-electron chi connectivity index (χ2n) is 3.76. The number of fused-ring (bicyclic) bond motifs is 1. The van der Waals surface area contributed by atoms with Crippen molar-refractivity contribution in [2.75, 3.05) is 0 Å². The van der Waals surface area contributed by atoms with Crippen LogP contribution in [0.3, 0.4) is 0 Å². The molecule has 0 fully saturated rings. The molecule has 1 aromatic heterocycles. The van der Waals surface area contributed by atoms with Crippen LogP contribution in [0.2, 0.25) is 0 Å². The molecule has 0 aliphatic carbocycles. The molecule has 1 heterocycles. The number of nitrogens with zero attached hydrogens (tertiary/aromatic N) is 3. The molecule has 96 valence electrons. The highest BCUT2D eigenvalue weighted by Crippen LogP contribution is 2.29. The Balaban J connectivity index is 2.97. The van der Waals surface area contributed by atoms with E-state index in [9.17, 15) is 18.5 Å². The zero-order valence-corrected chi connectivity index (χ0v) is 10.3. The quantitative estimate of drug-likeness (QED) is 0.495. The molecule has 0 aliphatic rings. The number of nitro benzene ring substituents is 1. The number of nitro groups is 1. The van der Waals surface area contributed by atoms with Gasteiger partial charge in [0.2, 0.25) is 0 Å². The Morgan fingerprint density at radius 2 is 2.06 bits per heavy atom. The third-order valence-electron chi connectivity index (χ3n) is 2.66. The van der Waals surface area contributed by atoms with E-state index in [1.165, 1.54) is 4.57 Å². The molecule has 0 atom stereocenters. The minimum atomic E-state index is -4.50. The highest BCUT2D eigenvalue weighted by molar-refractivity contribution is 7.85. The molecule has 0 aliphatic heterocycles. The van der Waals surface area contributed by atoms with Gasteiger partial charge in [-0.05, 0) is 13.0 Å². The normalized spacial score (nSPS) is 11.9. The van der Waals surface area contributed by atoms with E-state index in [-0.39, 0.29) is 11.0 Å². The van der Waals surface area contributed by atoms with Crippen molar-refractivity contribution in [3.8, 4) is 0 Å². The van der Waals surface area contributed by atoms with E-state index in [2.05, 4.69) is 4.98 Å². The van der Waals surface area contributed by atoms with Crippen LogP contribution in [0.5, 0.6) is 0 Å². The van der Waals surface area contributed by atoms with Gasteiger partial charge < -0.3 is 4.57 Å². The molecule has 0 unspecified atom stereocenters. The SMILES string of the molecule is Cc1nc2c([N+](=O)[O-])cc(S(=O)(=O)O)cc2n1C. The lowest BCUT2D eigenvalue weighted by Gasteiger charge is -2.00. The van der Waals surface area contributed by atoms with Crippen molar-refractivity contribution in [1.29, 1.82) is 0 Å². The number of hydrogen-bond donors (Lipinski definition) is 1. The van der Waals surface area contributed by atoms with Crippen LogP contribution in [-0.4, -0.2) is 27.4 Å². The average molecular weight is 271 g/mol. The summed E-state index contributed by atoms with van der Waals surface area (Å²) in [5.74, 6) is 0.501. The van der Waals surface area contributed by atoms with E-state index >= 15 is 0 Å². The van der Waals surface area contributed by atoms with E-state index in [0.29, 0.717) is 5.82 Å². The first-order chi connectivity index (χ1) is 8.21. The van der Waals surface area contributed by atoms with Crippen molar-refractivity contribution >= 4 is 26.8 Å². The highest BCUT2D eigenvalue weighted by Gasteiger charge is 2.23. The van der Waals surface area contributed by atoms with Crippen molar-refractivity contribution < 1.29 is 17.9 Å². The molecule has 0 radical (unpaired) electrons. The van der Waals surface area contributed by atoms with Crippen LogP contribution in [0.4, 0.5) is 5.69 Å². The topological polar surface area (TPSA) is 115 Å². The Kier molecular flexibility index (Phi) is 2.60. The summed E-state index contributed by atoms with van der Waals surface area (Å²) in [4.78, 5) is 13.6. The summed E-state index contributed by atoms with van der Waals surface area (Å²) < 4.78 is 32.6. The molecule has 0 amide bonds. The number of benzene rings is 1. The van der Waals surface area contributed by atoms with Gasteiger partial charge in [-0.1, -0.05) is 0 Å². The lowest BCUT2D eigenvalue weighted by molar-refractivity contribution is -0.383. The first kappa shape index (κ1) is 12.5. The Bertz CT molecular complexity index is 762. The largest absolute Gasteiger partial charge is 0.331 e. The Morgan fingerprint density at radius 1 is 1.44 bits per heavy atom. The van der Waals surface area contributed by atoms with Crippen LogP contribution in [0.15, 0.2) is 17.0 Å². The van der Waals surface area contributed by atoms with Crippen molar-refractivity contribution in [1.82, 2.24) is 9.55 Å². The van der Waals surface area contributed by atoms with Crippen LogP contribution >= 0.6 is 0 Å². The zero-order valence-electron chi connectivity index (χ0n) is 9.48. The maximum atomic E-state index is 11.1. The van der Waals surface area contributed by atoms with E-state index in [1.807, 2.05) is 0 Å². The first-order valence-electron chi connectivity index (χ1n) is 4.81. The molecule has 1 aromatic carbocycles. The van der Waals surface area contributed by atoms with Gasteiger partial charge in [0.05, 0.1) is 10.4 Å². The highest BCUT2D eigenvalue weighted by atomic mass is 32.2. The van der Waals surface area contributed by atoms with E-state index < -0.39 is 25.6 Å².